The average molecular weight is 387 g/mol. The fourth-order valence-corrected chi connectivity index (χ4v) is 3.03. The van der Waals surface area contributed by atoms with Gasteiger partial charge in [-0.15, -0.1) is 0 Å². The number of hydrogen-bond acceptors (Lipinski definition) is 2. The van der Waals surface area contributed by atoms with Gasteiger partial charge >= 0.3 is 0 Å². The quantitative estimate of drug-likeness (QED) is 0.633. The maximum absolute atomic E-state index is 13.0. The fraction of sp³-hybridized carbons (Fsp3) is 0.364. The summed E-state index contributed by atoms with van der Waals surface area (Å²) in [6.45, 7) is 4.85. The topological polar surface area (TPSA) is 49.4 Å². The second-order valence-electron chi connectivity index (χ2n) is 6.46. The van der Waals surface area contributed by atoms with Crippen molar-refractivity contribution in [2.24, 2.45) is 0 Å². The molecule has 4 nitrogen and oxygen atoms in total. The molecule has 5 heteroatoms. The van der Waals surface area contributed by atoms with Gasteiger partial charge in [-0.05, 0) is 29.7 Å². The molecule has 2 amide bonds. The van der Waals surface area contributed by atoms with Crippen LogP contribution in [0, 0.1) is 0 Å². The summed E-state index contributed by atoms with van der Waals surface area (Å²) in [5.41, 5.74) is 1.74. The van der Waals surface area contributed by atoms with Crippen molar-refractivity contribution in [2.75, 3.05) is 6.54 Å². The Labute approximate surface area is 166 Å². The highest BCUT2D eigenvalue weighted by atomic mass is 35.5. The van der Waals surface area contributed by atoms with Gasteiger partial charge < -0.3 is 10.2 Å². The monoisotopic (exact) mass is 386 g/mol. The normalized spacial score (nSPS) is 11.7. The van der Waals surface area contributed by atoms with Crippen LogP contribution in [-0.2, 0) is 16.1 Å². The molecule has 0 spiro atoms. The van der Waals surface area contributed by atoms with Crippen molar-refractivity contribution in [1.29, 1.82) is 0 Å². The molecule has 0 saturated carbocycles. The highest BCUT2D eigenvalue weighted by Gasteiger charge is 2.30. The highest BCUT2D eigenvalue weighted by Crippen LogP contribution is 2.25. The molecule has 0 saturated heterocycles. The number of nitrogens with one attached hydrogen (secondary N) is 1. The van der Waals surface area contributed by atoms with Gasteiger partial charge in [0.1, 0.15) is 6.04 Å². The van der Waals surface area contributed by atoms with Crippen LogP contribution in [0.15, 0.2) is 54.6 Å². The Hall–Kier alpha value is -2.33. The Morgan fingerprint density at radius 2 is 1.70 bits per heavy atom. The van der Waals surface area contributed by atoms with E-state index in [2.05, 4.69) is 12.2 Å². The van der Waals surface area contributed by atoms with Gasteiger partial charge in [-0.25, -0.2) is 0 Å². The van der Waals surface area contributed by atoms with E-state index in [0.717, 1.165) is 24.0 Å². The number of nitrogens with zero attached hydrogens (tertiary/aromatic N) is 1. The molecule has 0 aliphatic carbocycles. The minimum atomic E-state index is -0.661. The van der Waals surface area contributed by atoms with E-state index in [9.17, 15) is 9.59 Å². The van der Waals surface area contributed by atoms with E-state index in [1.807, 2.05) is 49.4 Å². The van der Waals surface area contributed by atoms with E-state index in [4.69, 9.17) is 11.6 Å². The molecule has 0 unspecified atom stereocenters. The number of halogens is 1. The molecule has 0 radical (unpaired) electrons. The van der Waals surface area contributed by atoms with Gasteiger partial charge in [0.2, 0.25) is 11.8 Å². The summed E-state index contributed by atoms with van der Waals surface area (Å²) < 4.78 is 0. The number of carbonyl (C=O) groups excluding carboxylic acids is 2. The molecular weight excluding hydrogens is 360 g/mol. The van der Waals surface area contributed by atoms with Gasteiger partial charge in [-0.3, -0.25) is 9.59 Å². The zero-order valence-electron chi connectivity index (χ0n) is 16.0. The van der Waals surface area contributed by atoms with Crippen molar-refractivity contribution >= 4 is 23.4 Å². The summed E-state index contributed by atoms with van der Waals surface area (Å²) >= 11 is 5.97. The first kappa shape index (κ1) is 21.0. The summed E-state index contributed by atoms with van der Waals surface area (Å²) in [7, 11) is 0. The van der Waals surface area contributed by atoms with Crippen LogP contribution < -0.4 is 5.32 Å². The van der Waals surface area contributed by atoms with Gasteiger partial charge in [0, 0.05) is 24.5 Å². The predicted molar refractivity (Wildman–Crippen MR) is 109 cm³/mol. The van der Waals surface area contributed by atoms with Crippen molar-refractivity contribution in [3.8, 4) is 0 Å². The standard InChI is InChI=1S/C22H27ClN2O2/c1-3-5-15-24-22(27)21(18-9-7-6-8-10-18)25(20(26)4-2)16-17-11-13-19(23)14-12-17/h6-14,21H,3-5,15-16H2,1-2H3,(H,24,27)/t21-/m1/s1. The zero-order valence-corrected chi connectivity index (χ0v) is 16.7. The van der Waals surface area contributed by atoms with Crippen molar-refractivity contribution in [1.82, 2.24) is 10.2 Å². The molecule has 1 atom stereocenters. The first-order chi connectivity index (χ1) is 13.1. The minimum absolute atomic E-state index is 0.0653. The van der Waals surface area contributed by atoms with Crippen LogP contribution in [0.2, 0.25) is 5.02 Å². The van der Waals surface area contributed by atoms with E-state index in [0.29, 0.717) is 24.5 Å². The SMILES string of the molecule is CCCCNC(=O)[C@@H](c1ccccc1)N(Cc1ccc(Cl)cc1)C(=O)CC. The molecule has 2 aromatic rings. The van der Waals surface area contributed by atoms with Crippen LogP contribution in [0.1, 0.15) is 50.3 Å². The smallest absolute Gasteiger partial charge is 0.247 e. The summed E-state index contributed by atoms with van der Waals surface area (Å²) in [6.07, 6.45) is 2.24. The van der Waals surface area contributed by atoms with Crippen molar-refractivity contribution in [3.63, 3.8) is 0 Å². The third-order valence-corrected chi connectivity index (χ3v) is 4.65. The summed E-state index contributed by atoms with van der Waals surface area (Å²) in [6, 6.07) is 16.2. The van der Waals surface area contributed by atoms with Crippen LogP contribution >= 0.6 is 11.6 Å². The Kier molecular flexibility index (Phi) is 8.34. The van der Waals surface area contributed by atoms with E-state index in [1.165, 1.54) is 0 Å². The van der Waals surface area contributed by atoms with Crippen LogP contribution in [0.4, 0.5) is 0 Å². The third-order valence-electron chi connectivity index (χ3n) is 4.39. The highest BCUT2D eigenvalue weighted by molar-refractivity contribution is 6.30. The number of hydrogen-bond donors (Lipinski definition) is 1. The maximum atomic E-state index is 13.0. The van der Waals surface area contributed by atoms with Gasteiger partial charge in [-0.2, -0.15) is 0 Å². The molecule has 144 valence electrons. The Morgan fingerprint density at radius 3 is 2.30 bits per heavy atom. The van der Waals surface area contributed by atoms with Crippen LogP contribution in [0.25, 0.3) is 0 Å². The van der Waals surface area contributed by atoms with Gasteiger partial charge in [-0.1, -0.05) is 74.3 Å². The molecule has 0 bridgehead atoms. The molecule has 0 aliphatic heterocycles. The first-order valence-electron chi connectivity index (χ1n) is 9.43. The molecule has 1 N–H and O–H groups in total. The van der Waals surface area contributed by atoms with Gasteiger partial charge in [0.05, 0.1) is 0 Å². The molecule has 0 heterocycles. The predicted octanol–water partition coefficient (Wildman–Crippen LogP) is 4.74. The van der Waals surface area contributed by atoms with E-state index in [-0.39, 0.29) is 11.8 Å². The van der Waals surface area contributed by atoms with E-state index < -0.39 is 6.04 Å². The van der Waals surface area contributed by atoms with Gasteiger partial charge in [0.15, 0.2) is 0 Å². The van der Waals surface area contributed by atoms with Gasteiger partial charge in [0.25, 0.3) is 0 Å². The van der Waals surface area contributed by atoms with Crippen LogP contribution in [0.5, 0.6) is 0 Å². The Morgan fingerprint density at radius 1 is 1.04 bits per heavy atom. The number of benzene rings is 2. The Bertz CT molecular complexity index is 732. The number of carbonyl (C=O) groups is 2. The molecular formula is C22H27ClN2O2. The molecule has 2 aromatic carbocycles. The molecule has 27 heavy (non-hydrogen) atoms. The summed E-state index contributed by atoms with van der Waals surface area (Å²) in [5, 5.41) is 3.63. The average Bonchev–Trinajstić information content (AvgIpc) is 2.69. The summed E-state index contributed by atoms with van der Waals surface area (Å²) in [5.74, 6) is -0.213. The zero-order chi connectivity index (χ0) is 19.6. The lowest BCUT2D eigenvalue weighted by atomic mass is 10.0. The number of unbranched alkanes of at least 4 members (excludes halogenated alkanes) is 1. The summed E-state index contributed by atoms with van der Waals surface area (Å²) in [4.78, 5) is 27.4. The largest absolute Gasteiger partial charge is 0.354 e. The second-order valence-corrected chi connectivity index (χ2v) is 6.90. The minimum Gasteiger partial charge on any atom is -0.354 e. The lowest BCUT2D eigenvalue weighted by Crippen LogP contribution is -2.43. The molecule has 0 fully saturated rings. The fourth-order valence-electron chi connectivity index (χ4n) is 2.91. The molecule has 2 rings (SSSR count). The maximum Gasteiger partial charge on any atom is 0.247 e. The lowest BCUT2D eigenvalue weighted by molar-refractivity contribution is -0.141. The first-order valence-corrected chi connectivity index (χ1v) is 9.81. The van der Waals surface area contributed by atoms with E-state index >= 15 is 0 Å². The van der Waals surface area contributed by atoms with Crippen molar-refractivity contribution in [3.05, 3.63) is 70.7 Å². The van der Waals surface area contributed by atoms with Crippen molar-refractivity contribution < 1.29 is 9.59 Å². The second kappa shape index (κ2) is 10.7. The number of rotatable bonds is 9. The number of amides is 2. The third kappa shape index (κ3) is 6.10. The van der Waals surface area contributed by atoms with Crippen LogP contribution in [0.3, 0.4) is 0 Å². The van der Waals surface area contributed by atoms with E-state index in [1.54, 1.807) is 17.0 Å². The molecule has 0 aromatic heterocycles. The van der Waals surface area contributed by atoms with Crippen molar-refractivity contribution in [2.45, 2.75) is 45.7 Å². The molecule has 0 aliphatic rings. The Balaban J connectivity index is 2.35. The lowest BCUT2D eigenvalue weighted by Gasteiger charge is -2.31. The van der Waals surface area contributed by atoms with Crippen LogP contribution in [-0.4, -0.2) is 23.3 Å².